The SMILES string of the molecule is [N-]=[N+]=NOC1C(O)[C@@H](CO)O[C@H]1n1cnc2c(N)ncnc21. The molecule has 4 atom stereocenters. The summed E-state index contributed by atoms with van der Waals surface area (Å²) in [4.78, 5) is 19.4. The van der Waals surface area contributed by atoms with Crippen molar-refractivity contribution in [1.29, 1.82) is 0 Å². The minimum absolute atomic E-state index is 0.188. The first kappa shape index (κ1) is 14.3. The van der Waals surface area contributed by atoms with Crippen molar-refractivity contribution >= 4 is 17.0 Å². The maximum atomic E-state index is 10.1. The Morgan fingerprint density at radius 3 is 3.05 bits per heavy atom. The Kier molecular flexibility index (Phi) is 3.65. The maximum Gasteiger partial charge on any atom is 0.181 e. The molecule has 2 unspecified atom stereocenters. The number of ether oxygens (including phenoxy) is 1. The van der Waals surface area contributed by atoms with Crippen molar-refractivity contribution in [1.82, 2.24) is 19.5 Å². The molecule has 116 valence electrons. The molecule has 12 nitrogen and oxygen atoms in total. The second-order valence-electron chi connectivity index (χ2n) is 4.56. The maximum absolute atomic E-state index is 10.1. The lowest BCUT2D eigenvalue weighted by molar-refractivity contribution is -0.0711. The van der Waals surface area contributed by atoms with Gasteiger partial charge in [-0.05, 0) is 5.53 Å². The Morgan fingerprint density at radius 1 is 1.50 bits per heavy atom. The van der Waals surface area contributed by atoms with Crippen molar-refractivity contribution < 1.29 is 19.8 Å². The lowest BCUT2D eigenvalue weighted by Gasteiger charge is -2.19. The zero-order valence-electron chi connectivity index (χ0n) is 11.1. The molecular formula is C10H12N8O4. The minimum atomic E-state index is -1.20. The van der Waals surface area contributed by atoms with Crippen molar-refractivity contribution in [3.63, 3.8) is 0 Å². The standard InChI is InChI=1S/C10H12N8O4/c11-8-5-9(14-2-13-8)18(3-15-5)10-7(22-17-16-12)6(20)4(1-19)21-10/h2-4,6-7,10,19-20H,1H2,(H2,11,13,14)/t4-,6?,7?,10-/m1/s1. The number of anilines is 1. The van der Waals surface area contributed by atoms with E-state index in [1.54, 1.807) is 0 Å². The minimum Gasteiger partial charge on any atom is -0.422 e. The highest BCUT2D eigenvalue weighted by molar-refractivity contribution is 5.81. The van der Waals surface area contributed by atoms with E-state index < -0.39 is 31.1 Å². The smallest absolute Gasteiger partial charge is 0.181 e. The number of nitrogen functional groups attached to an aromatic ring is 1. The van der Waals surface area contributed by atoms with Gasteiger partial charge in [0.25, 0.3) is 0 Å². The van der Waals surface area contributed by atoms with Crippen LogP contribution in [-0.4, -0.2) is 54.7 Å². The van der Waals surface area contributed by atoms with Crippen LogP contribution in [0.1, 0.15) is 6.23 Å². The summed E-state index contributed by atoms with van der Waals surface area (Å²) in [5.41, 5.74) is 14.8. The first-order valence-electron chi connectivity index (χ1n) is 6.25. The Morgan fingerprint density at radius 2 is 2.32 bits per heavy atom. The molecular weight excluding hydrogens is 296 g/mol. The highest BCUT2D eigenvalue weighted by Gasteiger charge is 2.46. The summed E-state index contributed by atoms with van der Waals surface area (Å²) in [5.74, 6) is 0.188. The Bertz CT molecular complexity index is 729. The molecule has 4 N–H and O–H groups in total. The Balaban J connectivity index is 2.03. The summed E-state index contributed by atoms with van der Waals surface area (Å²) < 4.78 is 7.00. The van der Waals surface area contributed by atoms with E-state index in [2.05, 4.69) is 25.1 Å². The number of aliphatic hydroxyl groups excluding tert-OH is 2. The first-order chi connectivity index (χ1) is 10.7. The van der Waals surface area contributed by atoms with Crippen molar-refractivity contribution in [3.05, 3.63) is 23.1 Å². The average Bonchev–Trinajstić information content (AvgIpc) is 3.07. The van der Waals surface area contributed by atoms with Gasteiger partial charge in [0, 0.05) is 4.91 Å². The van der Waals surface area contributed by atoms with E-state index in [0.717, 1.165) is 0 Å². The van der Waals surface area contributed by atoms with Gasteiger partial charge in [-0.3, -0.25) is 4.57 Å². The fourth-order valence-electron chi connectivity index (χ4n) is 2.34. The lowest BCUT2D eigenvalue weighted by Crippen LogP contribution is -2.34. The van der Waals surface area contributed by atoms with E-state index in [1.807, 2.05) is 0 Å². The first-order valence-corrected chi connectivity index (χ1v) is 6.25. The molecule has 12 heteroatoms. The summed E-state index contributed by atoms with van der Waals surface area (Å²) in [6, 6.07) is 0. The number of fused-ring (bicyclic) bond motifs is 1. The zero-order chi connectivity index (χ0) is 15.7. The number of aromatic nitrogens is 4. The van der Waals surface area contributed by atoms with E-state index in [1.165, 1.54) is 17.2 Å². The quantitative estimate of drug-likeness (QED) is 0.286. The van der Waals surface area contributed by atoms with Gasteiger partial charge in [0.2, 0.25) is 0 Å². The van der Waals surface area contributed by atoms with Crippen LogP contribution in [0.25, 0.3) is 21.6 Å². The van der Waals surface area contributed by atoms with Crippen molar-refractivity contribution in [2.75, 3.05) is 12.3 Å². The second-order valence-corrected chi connectivity index (χ2v) is 4.56. The third-order valence-electron chi connectivity index (χ3n) is 3.36. The molecule has 2 aromatic heterocycles. The summed E-state index contributed by atoms with van der Waals surface area (Å²) in [6.45, 7) is -0.433. The summed E-state index contributed by atoms with van der Waals surface area (Å²) in [5, 5.41) is 22.3. The molecule has 0 bridgehead atoms. The third kappa shape index (κ3) is 2.16. The predicted octanol–water partition coefficient (Wildman–Crippen LogP) is -0.730. The molecule has 0 aromatic carbocycles. The van der Waals surface area contributed by atoms with Crippen LogP contribution in [0.3, 0.4) is 0 Å². The largest absolute Gasteiger partial charge is 0.422 e. The van der Waals surface area contributed by atoms with Crippen LogP contribution in [-0.2, 0) is 9.57 Å². The molecule has 1 fully saturated rings. The van der Waals surface area contributed by atoms with Crippen LogP contribution in [0.15, 0.2) is 17.9 Å². The molecule has 3 heterocycles. The van der Waals surface area contributed by atoms with Crippen molar-refractivity contribution in [2.45, 2.75) is 24.5 Å². The molecule has 1 aliphatic heterocycles. The average molecular weight is 308 g/mol. The molecule has 22 heavy (non-hydrogen) atoms. The third-order valence-corrected chi connectivity index (χ3v) is 3.36. The van der Waals surface area contributed by atoms with Gasteiger partial charge >= 0.3 is 0 Å². The Hall–Kier alpha value is -2.66. The Labute approximate surface area is 122 Å². The van der Waals surface area contributed by atoms with Crippen LogP contribution in [0.2, 0.25) is 0 Å². The number of nitrogens with two attached hydrogens (primary N) is 1. The van der Waals surface area contributed by atoms with E-state index in [9.17, 15) is 10.2 Å². The number of hydrogen-bond donors (Lipinski definition) is 3. The zero-order valence-corrected chi connectivity index (χ0v) is 11.1. The number of nitrogens with zero attached hydrogens (tertiary/aromatic N) is 7. The molecule has 2 aromatic rings. The highest BCUT2D eigenvalue weighted by atomic mass is 16.7. The van der Waals surface area contributed by atoms with Crippen LogP contribution in [0, 0.1) is 0 Å². The van der Waals surface area contributed by atoms with Crippen molar-refractivity contribution in [2.24, 2.45) is 5.28 Å². The fraction of sp³-hybridized carbons (Fsp3) is 0.500. The number of imidazole rings is 1. The highest BCUT2D eigenvalue weighted by Crippen LogP contribution is 2.33. The van der Waals surface area contributed by atoms with E-state index in [0.29, 0.717) is 11.2 Å². The van der Waals surface area contributed by atoms with Gasteiger partial charge in [-0.25, -0.2) is 15.0 Å². The van der Waals surface area contributed by atoms with Crippen LogP contribution in [0.4, 0.5) is 5.82 Å². The second kappa shape index (κ2) is 5.61. The fourth-order valence-corrected chi connectivity index (χ4v) is 2.34. The molecule has 0 aliphatic carbocycles. The number of azide groups is 1. The van der Waals surface area contributed by atoms with Gasteiger partial charge < -0.3 is 25.5 Å². The van der Waals surface area contributed by atoms with Crippen LogP contribution in [0.5, 0.6) is 0 Å². The molecule has 1 aliphatic rings. The van der Waals surface area contributed by atoms with Gasteiger partial charge in [0.15, 0.2) is 23.8 Å². The van der Waals surface area contributed by atoms with E-state index in [-0.39, 0.29) is 5.82 Å². The molecule has 0 amide bonds. The topological polar surface area (TPSA) is 177 Å². The predicted molar refractivity (Wildman–Crippen MR) is 70.8 cm³/mol. The summed E-state index contributed by atoms with van der Waals surface area (Å²) >= 11 is 0. The lowest BCUT2D eigenvalue weighted by atomic mass is 10.1. The van der Waals surface area contributed by atoms with E-state index in [4.69, 9.17) is 20.8 Å². The van der Waals surface area contributed by atoms with Gasteiger partial charge in [-0.15, -0.1) is 0 Å². The van der Waals surface area contributed by atoms with Crippen LogP contribution >= 0.6 is 0 Å². The molecule has 1 saturated heterocycles. The number of hydrogen-bond acceptors (Lipinski definition) is 9. The molecule has 0 radical (unpaired) electrons. The number of aliphatic hydroxyl groups is 2. The molecule has 0 saturated carbocycles. The molecule has 3 rings (SSSR count). The number of rotatable bonds is 4. The normalized spacial score (nSPS) is 27.7. The van der Waals surface area contributed by atoms with E-state index >= 15 is 0 Å². The van der Waals surface area contributed by atoms with Crippen LogP contribution < -0.4 is 5.73 Å². The van der Waals surface area contributed by atoms with Gasteiger partial charge in [-0.1, -0.05) is 0 Å². The van der Waals surface area contributed by atoms with Gasteiger partial charge in [0.05, 0.1) is 12.9 Å². The van der Waals surface area contributed by atoms with Gasteiger partial charge in [-0.2, -0.15) is 0 Å². The summed E-state index contributed by atoms with van der Waals surface area (Å²) in [7, 11) is 0. The monoisotopic (exact) mass is 308 g/mol. The van der Waals surface area contributed by atoms with Crippen molar-refractivity contribution in [3.8, 4) is 0 Å². The summed E-state index contributed by atoms with van der Waals surface area (Å²) in [6.07, 6.45) is -1.40. The molecule has 0 spiro atoms. The van der Waals surface area contributed by atoms with Gasteiger partial charge in [0.1, 0.15) is 29.3 Å².